The molecule has 0 unspecified atom stereocenters. The molecule has 0 fully saturated rings. The van der Waals surface area contributed by atoms with Crippen molar-refractivity contribution in [3.8, 4) is 16.9 Å². The van der Waals surface area contributed by atoms with Crippen LogP contribution in [0.3, 0.4) is 0 Å². The number of phenols is 1. The van der Waals surface area contributed by atoms with Gasteiger partial charge in [-0.3, -0.25) is 0 Å². The van der Waals surface area contributed by atoms with Gasteiger partial charge in [0.25, 0.3) is 0 Å². The fraction of sp³-hybridized carbons (Fsp3) is 0. The molecule has 0 aliphatic heterocycles. The molecule has 0 saturated carbocycles. The van der Waals surface area contributed by atoms with Crippen molar-refractivity contribution < 1.29 is 5.11 Å². The van der Waals surface area contributed by atoms with Gasteiger partial charge in [-0.05, 0) is 23.3 Å². The van der Waals surface area contributed by atoms with Crippen LogP contribution in [-0.4, -0.2) is 5.11 Å². The number of hydrogen-bond donors (Lipinski definition) is 1. The number of aromatic hydroxyl groups is 1. The second kappa shape index (κ2) is 3.72. The number of phenolic OH excluding ortho intramolecular Hbond substituents is 1. The Balaban J connectivity index is 2.48. The van der Waals surface area contributed by atoms with Crippen LogP contribution >= 0.6 is 11.6 Å². The normalized spacial score (nSPS) is 10.1. The Bertz CT molecular complexity index is 437. The second-order valence-corrected chi connectivity index (χ2v) is 3.44. The van der Waals surface area contributed by atoms with E-state index in [1.54, 1.807) is 12.1 Å². The lowest BCUT2D eigenvalue weighted by Gasteiger charge is -2.02. The summed E-state index contributed by atoms with van der Waals surface area (Å²) in [5.41, 5.74) is 2.10. The number of hydrogen-bond acceptors (Lipinski definition) is 1. The summed E-state index contributed by atoms with van der Waals surface area (Å²) in [6, 6.07) is 15.1. The molecule has 1 N–H and O–H groups in total. The van der Waals surface area contributed by atoms with Crippen molar-refractivity contribution in [1.82, 2.24) is 0 Å². The molecule has 0 radical (unpaired) electrons. The Morgan fingerprint density at radius 1 is 0.857 bits per heavy atom. The van der Waals surface area contributed by atoms with E-state index in [0.717, 1.165) is 11.1 Å². The fourth-order valence-corrected chi connectivity index (χ4v) is 1.50. The van der Waals surface area contributed by atoms with Crippen LogP contribution in [0, 0.1) is 0 Å². The zero-order valence-corrected chi connectivity index (χ0v) is 8.20. The van der Waals surface area contributed by atoms with Gasteiger partial charge in [-0.1, -0.05) is 48.0 Å². The summed E-state index contributed by atoms with van der Waals surface area (Å²) in [4.78, 5) is 0. The van der Waals surface area contributed by atoms with Gasteiger partial charge < -0.3 is 5.11 Å². The average Bonchev–Trinajstić information content (AvgIpc) is 2.23. The SMILES string of the molecule is Oc1ccc(-c2ccccc2)cc1Cl. The third-order valence-electron chi connectivity index (χ3n) is 2.05. The zero-order chi connectivity index (χ0) is 9.97. The van der Waals surface area contributed by atoms with E-state index < -0.39 is 0 Å². The minimum absolute atomic E-state index is 0.117. The highest BCUT2D eigenvalue weighted by Gasteiger charge is 2.01. The van der Waals surface area contributed by atoms with Crippen LogP contribution in [0.5, 0.6) is 5.75 Å². The third-order valence-corrected chi connectivity index (χ3v) is 2.36. The van der Waals surface area contributed by atoms with Crippen molar-refractivity contribution in [2.24, 2.45) is 0 Å². The van der Waals surface area contributed by atoms with Gasteiger partial charge >= 0.3 is 0 Å². The maximum absolute atomic E-state index is 9.26. The summed E-state index contributed by atoms with van der Waals surface area (Å²) in [6.07, 6.45) is 0. The highest BCUT2D eigenvalue weighted by Crippen LogP contribution is 2.28. The van der Waals surface area contributed by atoms with Crippen LogP contribution in [0.2, 0.25) is 5.02 Å². The molecule has 0 bridgehead atoms. The Kier molecular flexibility index (Phi) is 2.42. The van der Waals surface area contributed by atoms with E-state index in [1.165, 1.54) is 0 Å². The first-order valence-corrected chi connectivity index (χ1v) is 4.69. The van der Waals surface area contributed by atoms with Gasteiger partial charge in [0, 0.05) is 0 Å². The first kappa shape index (κ1) is 9.10. The van der Waals surface area contributed by atoms with Gasteiger partial charge in [0.2, 0.25) is 0 Å². The van der Waals surface area contributed by atoms with Crippen LogP contribution in [-0.2, 0) is 0 Å². The molecule has 2 aromatic rings. The number of benzene rings is 2. The Labute approximate surface area is 87.6 Å². The van der Waals surface area contributed by atoms with Crippen molar-refractivity contribution in [3.05, 3.63) is 53.6 Å². The maximum atomic E-state index is 9.26. The second-order valence-electron chi connectivity index (χ2n) is 3.03. The molecule has 0 spiro atoms. The van der Waals surface area contributed by atoms with E-state index in [0.29, 0.717) is 5.02 Å². The van der Waals surface area contributed by atoms with E-state index in [-0.39, 0.29) is 5.75 Å². The van der Waals surface area contributed by atoms with Gasteiger partial charge in [0.1, 0.15) is 5.75 Å². The monoisotopic (exact) mass is 204 g/mol. The summed E-state index contributed by atoms with van der Waals surface area (Å²) >= 11 is 5.81. The third kappa shape index (κ3) is 1.73. The van der Waals surface area contributed by atoms with Crippen LogP contribution in [0.4, 0.5) is 0 Å². The zero-order valence-electron chi connectivity index (χ0n) is 7.44. The standard InChI is InChI=1S/C12H9ClO/c13-11-8-10(6-7-12(11)14)9-4-2-1-3-5-9/h1-8,14H. The summed E-state index contributed by atoms with van der Waals surface area (Å²) < 4.78 is 0. The van der Waals surface area contributed by atoms with Crippen molar-refractivity contribution in [1.29, 1.82) is 0 Å². The van der Waals surface area contributed by atoms with Crippen molar-refractivity contribution in [3.63, 3.8) is 0 Å². The minimum Gasteiger partial charge on any atom is -0.506 e. The molecular weight excluding hydrogens is 196 g/mol. The van der Waals surface area contributed by atoms with E-state index in [1.807, 2.05) is 36.4 Å². The van der Waals surface area contributed by atoms with Crippen LogP contribution < -0.4 is 0 Å². The Morgan fingerprint density at radius 2 is 1.57 bits per heavy atom. The van der Waals surface area contributed by atoms with Gasteiger partial charge in [-0.2, -0.15) is 0 Å². The van der Waals surface area contributed by atoms with E-state index in [2.05, 4.69) is 0 Å². The number of halogens is 1. The molecule has 0 aromatic heterocycles. The highest BCUT2D eigenvalue weighted by molar-refractivity contribution is 6.32. The van der Waals surface area contributed by atoms with E-state index >= 15 is 0 Å². The molecule has 2 rings (SSSR count). The van der Waals surface area contributed by atoms with Gasteiger partial charge in [0.15, 0.2) is 0 Å². The molecular formula is C12H9ClO. The molecule has 0 aliphatic rings. The molecule has 2 aromatic carbocycles. The molecule has 0 amide bonds. The summed E-state index contributed by atoms with van der Waals surface area (Å²) in [7, 11) is 0. The number of rotatable bonds is 1. The van der Waals surface area contributed by atoms with Crippen molar-refractivity contribution in [2.45, 2.75) is 0 Å². The molecule has 14 heavy (non-hydrogen) atoms. The van der Waals surface area contributed by atoms with Gasteiger partial charge in [0.05, 0.1) is 5.02 Å². The Hall–Kier alpha value is -1.47. The van der Waals surface area contributed by atoms with Crippen LogP contribution in [0.15, 0.2) is 48.5 Å². The quantitative estimate of drug-likeness (QED) is 0.751. The van der Waals surface area contributed by atoms with Gasteiger partial charge in [-0.15, -0.1) is 0 Å². The Morgan fingerprint density at radius 3 is 2.21 bits per heavy atom. The van der Waals surface area contributed by atoms with E-state index in [9.17, 15) is 5.11 Å². The first-order valence-electron chi connectivity index (χ1n) is 4.31. The van der Waals surface area contributed by atoms with Crippen molar-refractivity contribution in [2.75, 3.05) is 0 Å². The first-order chi connectivity index (χ1) is 6.77. The summed E-state index contributed by atoms with van der Waals surface area (Å²) in [6.45, 7) is 0. The largest absolute Gasteiger partial charge is 0.506 e. The lowest BCUT2D eigenvalue weighted by Crippen LogP contribution is -1.76. The van der Waals surface area contributed by atoms with Crippen LogP contribution in [0.25, 0.3) is 11.1 Å². The predicted molar refractivity (Wildman–Crippen MR) is 58.6 cm³/mol. The molecule has 0 atom stereocenters. The molecule has 2 heteroatoms. The average molecular weight is 205 g/mol. The fourth-order valence-electron chi connectivity index (χ4n) is 1.32. The van der Waals surface area contributed by atoms with Gasteiger partial charge in [-0.25, -0.2) is 0 Å². The summed E-state index contributed by atoms with van der Waals surface area (Å²) in [5.74, 6) is 0.117. The van der Waals surface area contributed by atoms with Crippen LogP contribution in [0.1, 0.15) is 0 Å². The molecule has 0 saturated heterocycles. The molecule has 70 valence electrons. The molecule has 0 aliphatic carbocycles. The van der Waals surface area contributed by atoms with Crippen molar-refractivity contribution >= 4 is 11.6 Å². The smallest absolute Gasteiger partial charge is 0.134 e. The topological polar surface area (TPSA) is 20.2 Å². The molecule has 0 heterocycles. The highest BCUT2D eigenvalue weighted by atomic mass is 35.5. The van der Waals surface area contributed by atoms with E-state index in [4.69, 9.17) is 11.6 Å². The lowest BCUT2D eigenvalue weighted by atomic mass is 10.1. The maximum Gasteiger partial charge on any atom is 0.134 e. The lowest BCUT2D eigenvalue weighted by molar-refractivity contribution is 0.475. The predicted octanol–water partition coefficient (Wildman–Crippen LogP) is 3.71. The minimum atomic E-state index is 0.117. The summed E-state index contributed by atoms with van der Waals surface area (Å²) in [5, 5.41) is 9.64. The molecule has 1 nitrogen and oxygen atoms in total.